The van der Waals surface area contributed by atoms with Gasteiger partial charge >= 0.3 is 0 Å². The number of aliphatic hydroxyl groups is 1. The van der Waals surface area contributed by atoms with Crippen molar-refractivity contribution in [2.24, 2.45) is 17.1 Å². The van der Waals surface area contributed by atoms with Crippen molar-refractivity contribution >= 4 is 11.6 Å². The molecule has 3 atom stereocenters. The van der Waals surface area contributed by atoms with E-state index < -0.39 is 6.10 Å². The number of hydrogen-bond donors (Lipinski definition) is 2. The Morgan fingerprint density at radius 2 is 2.07 bits per heavy atom. The lowest BCUT2D eigenvalue weighted by molar-refractivity contribution is 0.0889. The molecule has 1 fully saturated rings. The number of aliphatic hydroxyl groups excluding tert-OH is 1. The SMILES string of the molecule is C[C@@H]1C[C@@]1(CN)[C@@H](O)c1ccc(Cl)cc1. The number of rotatable bonds is 3. The van der Waals surface area contributed by atoms with Crippen LogP contribution >= 0.6 is 11.6 Å². The molecule has 0 bridgehead atoms. The maximum atomic E-state index is 10.2. The zero-order chi connectivity index (χ0) is 11.1. The first-order valence-electron chi connectivity index (χ1n) is 5.24. The van der Waals surface area contributed by atoms with Gasteiger partial charge in [0.2, 0.25) is 0 Å². The van der Waals surface area contributed by atoms with Gasteiger partial charge in [-0.05, 0) is 30.0 Å². The number of benzene rings is 1. The molecule has 82 valence electrons. The van der Waals surface area contributed by atoms with Crippen LogP contribution in [0.1, 0.15) is 25.0 Å². The quantitative estimate of drug-likeness (QED) is 0.830. The molecule has 1 aromatic carbocycles. The molecule has 15 heavy (non-hydrogen) atoms. The van der Waals surface area contributed by atoms with Crippen LogP contribution in [-0.2, 0) is 0 Å². The lowest BCUT2D eigenvalue weighted by Gasteiger charge is -2.22. The smallest absolute Gasteiger partial charge is 0.0860 e. The second-order valence-corrected chi connectivity index (χ2v) is 4.93. The van der Waals surface area contributed by atoms with Crippen molar-refractivity contribution in [1.29, 1.82) is 0 Å². The Labute approximate surface area is 95.1 Å². The molecule has 1 aromatic rings. The predicted octanol–water partition coefficient (Wildman–Crippen LogP) is 2.36. The Bertz CT molecular complexity index is 347. The van der Waals surface area contributed by atoms with Gasteiger partial charge in [0.05, 0.1) is 6.10 Å². The summed E-state index contributed by atoms with van der Waals surface area (Å²) >= 11 is 5.80. The topological polar surface area (TPSA) is 46.2 Å². The van der Waals surface area contributed by atoms with Gasteiger partial charge in [0.15, 0.2) is 0 Å². The minimum atomic E-state index is -0.463. The standard InChI is InChI=1S/C12H16ClNO/c1-8-6-12(8,7-14)11(15)9-2-4-10(13)5-3-9/h2-5,8,11,15H,6-7,14H2,1H3/t8-,11+,12+/m1/s1. The van der Waals surface area contributed by atoms with Crippen molar-refractivity contribution in [3.63, 3.8) is 0 Å². The predicted molar refractivity (Wildman–Crippen MR) is 61.7 cm³/mol. The second kappa shape index (κ2) is 3.78. The molecule has 0 heterocycles. The minimum Gasteiger partial charge on any atom is -0.388 e. The van der Waals surface area contributed by atoms with Crippen LogP contribution in [0.3, 0.4) is 0 Å². The Morgan fingerprint density at radius 1 is 1.53 bits per heavy atom. The summed E-state index contributed by atoms with van der Waals surface area (Å²) in [7, 11) is 0. The summed E-state index contributed by atoms with van der Waals surface area (Å²) in [4.78, 5) is 0. The van der Waals surface area contributed by atoms with Crippen LogP contribution in [0.4, 0.5) is 0 Å². The van der Waals surface area contributed by atoms with E-state index in [1.807, 2.05) is 12.1 Å². The summed E-state index contributed by atoms with van der Waals surface area (Å²) in [6.07, 6.45) is 0.544. The largest absolute Gasteiger partial charge is 0.388 e. The fourth-order valence-electron chi connectivity index (χ4n) is 2.27. The van der Waals surface area contributed by atoms with Crippen molar-refractivity contribution < 1.29 is 5.11 Å². The molecule has 0 aromatic heterocycles. The molecule has 1 saturated carbocycles. The molecule has 3 N–H and O–H groups in total. The Hall–Kier alpha value is -0.570. The Balaban J connectivity index is 2.21. The summed E-state index contributed by atoms with van der Waals surface area (Å²) in [6, 6.07) is 7.35. The van der Waals surface area contributed by atoms with E-state index in [2.05, 4.69) is 6.92 Å². The van der Waals surface area contributed by atoms with Crippen LogP contribution < -0.4 is 5.73 Å². The lowest BCUT2D eigenvalue weighted by Crippen LogP contribution is -2.25. The molecular weight excluding hydrogens is 210 g/mol. The van der Waals surface area contributed by atoms with E-state index >= 15 is 0 Å². The molecule has 2 rings (SSSR count). The number of halogens is 1. The van der Waals surface area contributed by atoms with Crippen molar-refractivity contribution in [3.05, 3.63) is 34.9 Å². The van der Waals surface area contributed by atoms with Crippen molar-refractivity contribution in [2.75, 3.05) is 6.54 Å². The molecule has 0 spiro atoms. The zero-order valence-electron chi connectivity index (χ0n) is 8.78. The summed E-state index contributed by atoms with van der Waals surface area (Å²) in [6.45, 7) is 2.67. The molecule has 1 aliphatic carbocycles. The molecule has 3 heteroatoms. The van der Waals surface area contributed by atoms with Gasteiger partial charge in [-0.3, -0.25) is 0 Å². The minimum absolute atomic E-state index is 0.103. The van der Waals surface area contributed by atoms with E-state index in [1.165, 1.54) is 0 Å². The molecular formula is C12H16ClNO. The third-order valence-electron chi connectivity index (χ3n) is 3.62. The molecule has 0 amide bonds. The normalized spacial score (nSPS) is 31.3. The monoisotopic (exact) mass is 225 g/mol. The molecule has 0 radical (unpaired) electrons. The molecule has 0 unspecified atom stereocenters. The van der Waals surface area contributed by atoms with Gasteiger partial charge < -0.3 is 10.8 Å². The van der Waals surface area contributed by atoms with Crippen molar-refractivity contribution in [3.8, 4) is 0 Å². The highest BCUT2D eigenvalue weighted by Gasteiger charge is 2.55. The number of hydrogen-bond acceptors (Lipinski definition) is 2. The summed E-state index contributed by atoms with van der Waals surface area (Å²) in [5, 5.41) is 10.9. The fraction of sp³-hybridized carbons (Fsp3) is 0.500. The van der Waals surface area contributed by atoms with Gasteiger partial charge in [-0.15, -0.1) is 0 Å². The van der Waals surface area contributed by atoms with Crippen LogP contribution in [0.15, 0.2) is 24.3 Å². The van der Waals surface area contributed by atoms with Gasteiger partial charge in [-0.2, -0.15) is 0 Å². The highest BCUT2D eigenvalue weighted by Crippen LogP contribution is 2.59. The maximum Gasteiger partial charge on any atom is 0.0860 e. The Morgan fingerprint density at radius 3 is 2.47 bits per heavy atom. The first kappa shape index (κ1) is 10.9. The van der Waals surface area contributed by atoms with Gasteiger partial charge in [-0.25, -0.2) is 0 Å². The van der Waals surface area contributed by atoms with E-state index in [0.717, 1.165) is 12.0 Å². The summed E-state index contributed by atoms with van der Waals surface area (Å²) in [5.41, 5.74) is 6.55. The third-order valence-corrected chi connectivity index (χ3v) is 3.87. The van der Waals surface area contributed by atoms with Crippen LogP contribution in [-0.4, -0.2) is 11.7 Å². The van der Waals surface area contributed by atoms with Crippen LogP contribution in [0.5, 0.6) is 0 Å². The average Bonchev–Trinajstić information content (AvgIpc) is 2.91. The summed E-state index contributed by atoms with van der Waals surface area (Å²) in [5.74, 6) is 0.508. The van der Waals surface area contributed by atoms with Crippen LogP contribution in [0.2, 0.25) is 5.02 Å². The first-order valence-corrected chi connectivity index (χ1v) is 5.61. The average molecular weight is 226 g/mol. The Kier molecular flexibility index (Phi) is 2.75. The van der Waals surface area contributed by atoms with E-state index in [4.69, 9.17) is 17.3 Å². The third kappa shape index (κ3) is 1.78. The second-order valence-electron chi connectivity index (χ2n) is 4.50. The highest BCUT2D eigenvalue weighted by molar-refractivity contribution is 6.30. The lowest BCUT2D eigenvalue weighted by atomic mass is 9.91. The molecule has 0 aliphatic heterocycles. The van der Waals surface area contributed by atoms with Gasteiger partial charge in [0.25, 0.3) is 0 Å². The molecule has 2 nitrogen and oxygen atoms in total. The highest BCUT2D eigenvalue weighted by atomic mass is 35.5. The van der Waals surface area contributed by atoms with Crippen LogP contribution in [0, 0.1) is 11.3 Å². The van der Waals surface area contributed by atoms with Gasteiger partial charge in [0, 0.05) is 17.0 Å². The molecule has 1 aliphatic rings. The molecule has 0 saturated heterocycles. The maximum absolute atomic E-state index is 10.2. The van der Waals surface area contributed by atoms with E-state index in [0.29, 0.717) is 17.5 Å². The van der Waals surface area contributed by atoms with E-state index in [-0.39, 0.29) is 5.41 Å². The zero-order valence-corrected chi connectivity index (χ0v) is 9.54. The van der Waals surface area contributed by atoms with Crippen molar-refractivity contribution in [2.45, 2.75) is 19.4 Å². The van der Waals surface area contributed by atoms with E-state index in [9.17, 15) is 5.11 Å². The summed E-state index contributed by atoms with van der Waals surface area (Å²) < 4.78 is 0. The van der Waals surface area contributed by atoms with Crippen LogP contribution in [0.25, 0.3) is 0 Å². The van der Waals surface area contributed by atoms with E-state index in [1.54, 1.807) is 12.1 Å². The first-order chi connectivity index (χ1) is 7.10. The number of nitrogens with two attached hydrogens (primary N) is 1. The fourth-order valence-corrected chi connectivity index (χ4v) is 2.39. The van der Waals surface area contributed by atoms with Gasteiger partial charge in [0.1, 0.15) is 0 Å². The van der Waals surface area contributed by atoms with Gasteiger partial charge in [-0.1, -0.05) is 30.7 Å². The van der Waals surface area contributed by atoms with Crippen molar-refractivity contribution in [1.82, 2.24) is 0 Å².